The van der Waals surface area contributed by atoms with Crippen molar-refractivity contribution in [2.24, 2.45) is 0 Å². The van der Waals surface area contributed by atoms with Crippen molar-refractivity contribution >= 4 is 28.4 Å². The lowest BCUT2D eigenvalue weighted by molar-refractivity contribution is 0.0591. The van der Waals surface area contributed by atoms with Crippen LogP contribution in [-0.2, 0) is 4.74 Å². The normalized spacial score (nSPS) is 19.4. The van der Waals surface area contributed by atoms with Gasteiger partial charge in [-0.3, -0.25) is 4.57 Å². The predicted octanol–water partition coefficient (Wildman–Crippen LogP) is 0.225. The first-order valence-electron chi connectivity index (χ1n) is 4.62. The fourth-order valence-electron chi connectivity index (χ4n) is 1.44. The van der Waals surface area contributed by atoms with Crippen LogP contribution < -0.4 is 11.4 Å². The average Bonchev–Trinajstić information content (AvgIpc) is 2.71. The Labute approximate surface area is 105 Å². The molecular weight excluding hydrogens is 325 g/mol. The molecule has 3 N–H and O–H groups in total. The number of anilines is 1. The number of aliphatic hydroxyl groups excluding tert-OH is 1. The van der Waals surface area contributed by atoms with Gasteiger partial charge in [0.2, 0.25) is 0 Å². The molecule has 0 fully saturated rings. The van der Waals surface area contributed by atoms with E-state index in [1.165, 1.54) is 4.57 Å². The summed E-state index contributed by atoms with van der Waals surface area (Å²) in [6.07, 6.45) is 3.46. The standard InChI is InChI=1S/C9H10IN3O3/c10-6-3-13(9(15)12-8(6)11)7-2-1-5(4-14)16-7/h1,3,7,14H,2,4H2,(H2,11,12,15)/t7-/m1/s1. The van der Waals surface area contributed by atoms with Gasteiger partial charge in [-0.1, -0.05) is 0 Å². The lowest BCUT2D eigenvalue weighted by Gasteiger charge is -2.15. The molecule has 0 bridgehead atoms. The summed E-state index contributed by atoms with van der Waals surface area (Å²) in [7, 11) is 0. The molecule has 1 atom stereocenters. The number of rotatable bonds is 2. The Morgan fingerprint density at radius 2 is 2.50 bits per heavy atom. The van der Waals surface area contributed by atoms with Crippen molar-refractivity contribution in [2.45, 2.75) is 12.6 Å². The van der Waals surface area contributed by atoms with E-state index in [-0.39, 0.29) is 12.4 Å². The van der Waals surface area contributed by atoms with Gasteiger partial charge in [-0.15, -0.1) is 0 Å². The zero-order chi connectivity index (χ0) is 11.7. The van der Waals surface area contributed by atoms with Crippen LogP contribution in [0.4, 0.5) is 5.82 Å². The van der Waals surface area contributed by atoms with E-state index in [4.69, 9.17) is 15.6 Å². The van der Waals surface area contributed by atoms with E-state index >= 15 is 0 Å². The summed E-state index contributed by atoms with van der Waals surface area (Å²) in [5, 5.41) is 8.88. The molecule has 2 heterocycles. The minimum Gasteiger partial charge on any atom is -0.472 e. The van der Waals surface area contributed by atoms with E-state index in [1.807, 2.05) is 22.6 Å². The van der Waals surface area contributed by atoms with Crippen LogP contribution in [0.2, 0.25) is 0 Å². The maximum absolute atomic E-state index is 11.6. The Hall–Kier alpha value is -1.09. The highest BCUT2D eigenvalue weighted by Gasteiger charge is 2.21. The van der Waals surface area contributed by atoms with Gasteiger partial charge in [0.05, 0.1) is 3.57 Å². The lowest BCUT2D eigenvalue weighted by atomic mass is 10.3. The van der Waals surface area contributed by atoms with E-state index in [0.29, 0.717) is 15.8 Å². The third kappa shape index (κ3) is 2.05. The summed E-state index contributed by atoms with van der Waals surface area (Å²) in [6.45, 7) is -0.162. The average molecular weight is 335 g/mol. The SMILES string of the molecule is Nc1nc(=O)n([C@H]2CC=C(CO)O2)cc1I. The summed E-state index contributed by atoms with van der Waals surface area (Å²) in [5.74, 6) is 0.693. The molecule has 7 heteroatoms. The van der Waals surface area contributed by atoms with Gasteiger partial charge >= 0.3 is 5.69 Å². The van der Waals surface area contributed by atoms with Crippen molar-refractivity contribution < 1.29 is 9.84 Å². The highest BCUT2D eigenvalue weighted by atomic mass is 127. The van der Waals surface area contributed by atoms with Crippen LogP contribution in [0.15, 0.2) is 22.8 Å². The van der Waals surface area contributed by atoms with Crippen LogP contribution in [0.5, 0.6) is 0 Å². The van der Waals surface area contributed by atoms with Gasteiger partial charge in [0.1, 0.15) is 18.2 Å². The molecule has 0 aliphatic carbocycles. The minimum absolute atomic E-state index is 0.162. The molecule has 86 valence electrons. The Kier molecular flexibility index (Phi) is 3.15. The first-order chi connectivity index (χ1) is 7.61. The second-order valence-corrected chi connectivity index (χ2v) is 4.46. The zero-order valence-corrected chi connectivity index (χ0v) is 10.4. The third-order valence-electron chi connectivity index (χ3n) is 2.23. The Morgan fingerprint density at radius 3 is 3.12 bits per heavy atom. The van der Waals surface area contributed by atoms with Gasteiger partial charge in [0.15, 0.2) is 6.23 Å². The second kappa shape index (κ2) is 4.42. The quantitative estimate of drug-likeness (QED) is 0.755. The van der Waals surface area contributed by atoms with Crippen molar-refractivity contribution in [3.63, 3.8) is 0 Å². The van der Waals surface area contributed by atoms with E-state index in [2.05, 4.69) is 4.98 Å². The molecule has 1 aromatic rings. The smallest absolute Gasteiger partial charge is 0.352 e. The second-order valence-electron chi connectivity index (χ2n) is 3.30. The molecule has 0 aromatic carbocycles. The molecule has 16 heavy (non-hydrogen) atoms. The molecule has 1 aliphatic heterocycles. The van der Waals surface area contributed by atoms with Gasteiger partial charge < -0.3 is 15.6 Å². The molecule has 0 radical (unpaired) electrons. The van der Waals surface area contributed by atoms with Crippen LogP contribution in [0.3, 0.4) is 0 Å². The monoisotopic (exact) mass is 335 g/mol. The molecule has 0 saturated heterocycles. The van der Waals surface area contributed by atoms with Gasteiger partial charge in [-0.05, 0) is 28.7 Å². The molecule has 0 unspecified atom stereocenters. The van der Waals surface area contributed by atoms with E-state index in [0.717, 1.165) is 0 Å². The maximum Gasteiger partial charge on any atom is 0.352 e. The maximum atomic E-state index is 11.6. The van der Waals surface area contributed by atoms with Gasteiger partial charge in [-0.25, -0.2) is 4.79 Å². The van der Waals surface area contributed by atoms with Crippen LogP contribution in [-0.4, -0.2) is 21.3 Å². The number of halogens is 1. The number of nitrogens with two attached hydrogens (primary N) is 1. The third-order valence-corrected chi connectivity index (χ3v) is 3.07. The number of nitrogens with zero attached hydrogens (tertiary/aromatic N) is 2. The number of hydrogen-bond donors (Lipinski definition) is 2. The van der Waals surface area contributed by atoms with Crippen LogP contribution in [0.25, 0.3) is 0 Å². The number of hydrogen-bond acceptors (Lipinski definition) is 5. The number of aromatic nitrogens is 2. The highest BCUT2D eigenvalue weighted by Crippen LogP contribution is 2.25. The molecule has 0 spiro atoms. The van der Waals surface area contributed by atoms with Crippen LogP contribution >= 0.6 is 22.6 Å². The summed E-state index contributed by atoms with van der Waals surface area (Å²) < 4.78 is 7.43. The molecule has 6 nitrogen and oxygen atoms in total. The molecule has 1 aromatic heterocycles. The molecule has 0 saturated carbocycles. The van der Waals surface area contributed by atoms with Crippen LogP contribution in [0, 0.1) is 3.57 Å². The van der Waals surface area contributed by atoms with E-state index in [1.54, 1.807) is 12.3 Å². The summed E-state index contributed by atoms with van der Waals surface area (Å²) in [6, 6.07) is 0. The zero-order valence-electron chi connectivity index (χ0n) is 8.26. The van der Waals surface area contributed by atoms with Crippen molar-refractivity contribution in [1.82, 2.24) is 9.55 Å². The van der Waals surface area contributed by atoms with Crippen molar-refractivity contribution in [2.75, 3.05) is 12.3 Å². The number of aliphatic hydroxyl groups is 1. The molecule has 2 rings (SSSR count). The van der Waals surface area contributed by atoms with E-state index in [9.17, 15) is 4.79 Å². The predicted molar refractivity (Wildman–Crippen MR) is 65.5 cm³/mol. The Balaban J connectivity index is 2.30. The fraction of sp³-hybridized carbons (Fsp3) is 0.333. The molecule has 1 aliphatic rings. The fourth-order valence-corrected chi connectivity index (χ4v) is 1.86. The van der Waals surface area contributed by atoms with Gasteiger partial charge in [0, 0.05) is 12.6 Å². The van der Waals surface area contributed by atoms with Crippen LogP contribution in [0.1, 0.15) is 12.6 Å². The summed E-state index contributed by atoms with van der Waals surface area (Å²) in [4.78, 5) is 15.3. The first-order valence-corrected chi connectivity index (χ1v) is 5.70. The largest absolute Gasteiger partial charge is 0.472 e. The van der Waals surface area contributed by atoms with Crippen molar-refractivity contribution in [1.29, 1.82) is 0 Å². The number of nitrogen functional groups attached to an aromatic ring is 1. The Bertz CT molecular complexity index is 497. The minimum atomic E-state index is -0.449. The van der Waals surface area contributed by atoms with Gasteiger partial charge in [0.25, 0.3) is 0 Å². The highest BCUT2D eigenvalue weighted by molar-refractivity contribution is 14.1. The summed E-state index contributed by atoms with van der Waals surface area (Å²) >= 11 is 2.00. The Morgan fingerprint density at radius 1 is 1.75 bits per heavy atom. The summed E-state index contributed by atoms with van der Waals surface area (Å²) in [5.41, 5.74) is 5.07. The van der Waals surface area contributed by atoms with Crippen molar-refractivity contribution in [3.05, 3.63) is 32.1 Å². The van der Waals surface area contributed by atoms with Gasteiger partial charge in [-0.2, -0.15) is 4.98 Å². The van der Waals surface area contributed by atoms with Crippen molar-refractivity contribution in [3.8, 4) is 0 Å². The molecular formula is C9H10IN3O3. The first kappa shape index (κ1) is 11.4. The number of ether oxygens (including phenoxy) is 1. The topological polar surface area (TPSA) is 90.4 Å². The van der Waals surface area contributed by atoms with E-state index < -0.39 is 11.9 Å². The lowest BCUT2D eigenvalue weighted by Crippen LogP contribution is -2.28. The molecule has 0 amide bonds.